The lowest BCUT2D eigenvalue weighted by Gasteiger charge is -2.65. The first-order valence-electron chi connectivity index (χ1n) is 10.0. The standard InChI is InChI=1S/C21H31N3O2/c1-20(2,17-5-3-10-22-13-17)14-23-19(25)24-15-21(8-4-9-21)18(24)16-6-11-26-12-7-16/h3,5,10,13,16,18H,4,6-9,11-12,14-15H2,1-2H3,(H,23,25). The number of carbonyl (C=O) groups excluding carboxylic acids is 1. The van der Waals surface area contributed by atoms with Crippen molar-refractivity contribution in [1.82, 2.24) is 15.2 Å². The Balaban J connectivity index is 1.39. The molecule has 3 aliphatic rings. The quantitative estimate of drug-likeness (QED) is 0.899. The zero-order chi connectivity index (χ0) is 18.2. The molecule has 26 heavy (non-hydrogen) atoms. The van der Waals surface area contributed by atoms with Crippen molar-refractivity contribution in [2.45, 2.75) is 57.4 Å². The van der Waals surface area contributed by atoms with Crippen LogP contribution in [0.1, 0.15) is 51.5 Å². The lowest BCUT2D eigenvalue weighted by atomic mass is 9.54. The summed E-state index contributed by atoms with van der Waals surface area (Å²) in [5.41, 5.74) is 1.44. The molecule has 1 N–H and O–H groups in total. The molecule has 1 aromatic heterocycles. The van der Waals surface area contributed by atoms with Gasteiger partial charge in [-0.3, -0.25) is 4.98 Å². The third kappa shape index (κ3) is 3.11. The van der Waals surface area contributed by atoms with E-state index in [0.717, 1.165) is 38.2 Å². The predicted molar refractivity (Wildman–Crippen MR) is 101 cm³/mol. The monoisotopic (exact) mass is 357 g/mol. The largest absolute Gasteiger partial charge is 0.381 e. The molecule has 0 aromatic carbocycles. The number of pyridine rings is 1. The van der Waals surface area contributed by atoms with Gasteiger partial charge in [-0.15, -0.1) is 0 Å². The SMILES string of the molecule is CC(C)(CNC(=O)N1CC2(CCC2)C1C1CCOCC1)c1cccnc1. The minimum atomic E-state index is -0.128. The van der Waals surface area contributed by atoms with Crippen LogP contribution in [0.25, 0.3) is 0 Å². The van der Waals surface area contributed by atoms with E-state index >= 15 is 0 Å². The van der Waals surface area contributed by atoms with Crippen molar-refractivity contribution in [3.8, 4) is 0 Å². The summed E-state index contributed by atoms with van der Waals surface area (Å²) >= 11 is 0. The van der Waals surface area contributed by atoms with E-state index in [0.29, 0.717) is 23.9 Å². The molecule has 1 saturated carbocycles. The highest BCUT2D eigenvalue weighted by Crippen LogP contribution is 2.56. The highest BCUT2D eigenvalue weighted by Gasteiger charge is 2.59. The molecular weight excluding hydrogens is 326 g/mol. The molecule has 5 heteroatoms. The van der Waals surface area contributed by atoms with E-state index in [-0.39, 0.29) is 11.4 Å². The van der Waals surface area contributed by atoms with Crippen LogP contribution < -0.4 is 5.32 Å². The topological polar surface area (TPSA) is 54.5 Å². The molecule has 0 bridgehead atoms. The third-order valence-corrected chi connectivity index (χ3v) is 6.90. The summed E-state index contributed by atoms with van der Waals surface area (Å²) in [7, 11) is 0. The lowest BCUT2D eigenvalue weighted by Crippen LogP contribution is -2.73. The number of hydrogen-bond donors (Lipinski definition) is 1. The Morgan fingerprint density at radius 1 is 1.38 bits per heavy atom. The fourth-order valence-corrected chi connectivity index (χ4v) is 5.08. The molecule has 2 amide bonds. The third-order valence-electron chi connectivity index (χ3n) is 6.90. The van der Waals surface area contributed by atoms with Gasteiger partial charge < -0.3 is 15.0 Å². The van der Waals surface area contributed by atoms with E-state index in [2.05, 4.69) is 35.1 Å². The van der Waals surface area contributed by atoms with Gasteiger partial charge >= 0.3 is 6.03 Å². The summed E-state index contributed by atoms with van der Waals surface area (Å²) in [4.78, 5) is 19.3. The van der Waals surface area contributed by atoms with E-state index in [1.807, 2.05) is 12.3 Å². The number of ether oxygens (including phenoxy) is 1. The van der Waals surface area contributed by atoms with E-state index < -0.39 is 0 Å². The van der Waals surface area contributed by atoms with Gasteiger partial charge in [-0.2, -0.15) is 0 Å². The van der Waals surface area contributed by atoms with Crippen LogP contribution in [-0.2, 0) is 10.2 Å². The summed E-state index contributed by atoms with van der Waals surface area (Å²) in [6, 6.07) is 4.56. The van der Waals surface area contributed by atoms with Crippen molar-refractivity contribution in [2.75, 3.05) is 26.3 Å². The number of amides is 2. The average molecular weight is 357 g/mol. The molecule has 2 saturated heterocycles. The van der Waals surface area contributed by atoms with Gasteiger partial charge in [-0.05, 0) is 43.2 Å². The van der Waals surface area contributed by atoms with Crippen LogP contribution in [0.15, 0.2) is 24.5 Å². The molecule has 142 valence electrons. The Labute approximate surface area is 156 Å². The van der Waals surface area contributed by atoms with Crippen LogP contribution in [0.5, 0.6) is 0 Å². The maximum absolute atomic E-state index is 13.0. The molecular formula is C21H31N3O2. The van der Waals surface area contributed by atoms with Gasteiger partial charge in [-0.1, -0.05) is 26.3 Å². The predicted octanol–water partition coefficient (Wildman–Crippen LogP) is 3.35. The van der Waals surface area contributed by atoms with Crippen molar-refractivity contribution in [1.29, 1.82) is 0 Å². The molecule has 4 rings (SSSR count). The number of urea groups is 1. The van der Waals surface area contributed by atoms with Crippen LogP contribution >= 0.6 is 0 Å². The summed E-state index contributed by atoms with van der Waals surface area (Å²) in [6.07, 6.45) is 9.77. The molecule has 1 spiro atoms. The van der Waals surface area contributed by atoms with Crippen LogP contribution in [0.3, 0.4) is 0 Å². The highest BCUT2D eigenvalue weighted by molar-refractivity contribution is 5.76. The Hall–Kier alpha value is -1.62. The minimum absolute atomic E-state index is 0.107. The van der Waals surface area contributed by atoms with Crippen LogP contribution in [-0.4, -0.2) is 48.3 Å². The molecule has 1 unspecified atom stereocenters. The number of carbonyl (C=O) groups is 1. The first-order chi connectivity index (χ1) is 12.5. The molecule has 2 aliphatic heterocycles. The van der Waals surface area contributed by atoms with E-state index in [9.17, 15) is 4.79 Å². The van der Waals surface area contributed by atoms with Crippen molar-refractivity contribution in [3.05, 3.63) is 30.1 Å². The van der Waals surface area contributed by atoms with Crippen LogP contribution in [0, 0.1) is 11.3 Å². The van der Waals surface area contributed by atoms with Gasteiger partial charge in [-0.25, -0.2) is 4.79 Å². The fourth-order valence-electron chi connectivity index (χ4n) is 5.08. The molecule has 1 aromatic rings. The number of hydrogen-bond acceptors (Lipinski definition) is 3. The van der Waals surface area contributed by atoms with E-state index in [1.54, 1.807) is 6.20 Å². The average Bonchev–Trinajstić information content (AvgIpc) is 2.60. The second-order valence-corrected chi connectivity index (χ2v) is 9.02. The zero-order valence-electron chi connectivity index (χ0n) is 16.0. The number of nitrogens with one attached hydrogen (secondary N) is 1. The Bertz CT molecular complexity index is 636. The Morgan fingerprint density at radius 3 is 2.77 bits per heavy atom. The number of aromatic nitrogens is 1. The maximum atomic E-state index is 13.0. The van der Waals surface area contributed by atoms with Crippen molar-refractivity contribution < 1.29 is 9.53 Å². The normalized spacial score (nSPS) is 25.5. The molecule has 1 aliphatic carbocycles. The number of likely N-dealkylation sites (tertiary alicyclic amines) is 1. The highest BCUT2D eigenvalue weighted by atomic mass is 16.5. The molecule has 3 fully saturated rings. The van der Waals surface area contributed by atoms with Crippen LogP contribution in [0.2, 0.25) is 0 Å². The Kier molecular flexibility index (Phi) is 4.68. The number of rotatable bonds is 4. The summed E-state index contributed by atoms with van der Waals surface area (Å²) in [6.45, 7) is 7.57. The van der Waals surface area contributed by atoms with Crippen molar-refractivity contribution >= 4 is 6.03 Å². The molecule has 1 atom stereocenters. The van der Waals surface area contributed by atoms with E-state index in [1.165, 1.54) is 19.3 Å². The summed E-state index contributed by atoms with van der Waals surface area (Å²) < 4.78 is 5.55. The fraction of sp³-hybridized carbons (Fsp3) is 0.714. The van der Waals surface area contributed by atoms with Gasteiger partial charge in [0.2, 0.25) is 0 Å². The second-order valence-electron chi connectivity index (χ2n) is 9.02. The van der Waals surface area contributed by atoms with Crippen molar-refractivity contribution in [2.24, 2.45) is 11.3 Å². The van der Waals surface area contributed by atoms with Gasteiger partial charge in [0.15, 0.2) is 0 Å². The van der Waals surface area contributed by atoms with Gasteiger partial charge in [0, 0.05) is 55.6 Å². The summed E-state index contributed by atoms with van der Waals surface area (Å²) in [5.74, 6) is 0.606. The van der Waals surface area contributed by atoms with Crippen molar-refractivity contribution in [3.63, 3.8) is 0 Å². The Morgan fingerprint density at radius 2 is 2.15 bits per heavy atom. The maximum Gasteiger partial charge on any atom is 0.317 e. The zero-order valence-corrected chi connectivity index (χ0v) is 16.0. The van der Waals surface area contributed by atoms with Gasteiger partial charge in [0.05, 0.1) is 0 Å². The molecule has 0 radical (unpaired) electrons. The van der Waals surface area contributed by atoms with Gasteiger partial charge in [0.1, 0.15) is 0 Å². The lowest BCUT2D eigenvalue weighted by molar-refractivity contribution is -0.137. The van der Waals surface area contributed by atoms with E-state index in [4.69, 9.17) is 4.74 Å². The molecule has 3 heterocycles. The number of nitrogens with zero attached hydrogens (tertiary/aromatic N) is 2. The van der Waals surface area contributed by atoms with Gasteiger partial charge in [0.25, 0.3) is 0 Å². The first kappa shape index (κ1) is 17.8. The summed E-state index contributed by atoms with van der Waals surface area (Å²) in [5, 5.41) is 3.21. The molecule has 5 nitrogen and oxygen atoms in total. The second kappa shape index (κ2) is 6.84. The van der Waals surface area contributed by atoms with Crippen LogP contribution in [0.4, 0.5) is 4.79 Å². The minimum Gasteiger partial charge on any atom is -0.381 e. The smallest absolute Gasteiger partial charge is 0.317 e. The first-order valence-corrected chi connectivity index (χ1v) is 10.0.